The highest BCUT2D eigenvalue weighted by atomic mass is 127. The lowest BCUT2D eigenvalue weighted by molar-refractivity contribution is 0.403. The standard InChI is InChI=1S/C16H11IO5/c1-21-13-7-12-14(16(20)15(13)17)10(19)6-11(22-12)8-2-4-9(18)5-3-8/h2-7,18,20H,1H3. The molecule has 0 saturated heterocycles. The second kappa shape index (κ2) is 5.53. The van der Waals surface area contributed by atoms with E-state index in [-0.39, 0.29) is 27.9 Å². The Labute approximate surface area is 138 Å². The minimum Gasteiger partial charge on any atom is -0.508 e. The van der Waals surface area contributed by atoms with E-state index in [1.165, 1.54) is 25.3 Å². The van der Waals surface area contributed by atoms with Gasteiger partial charge in [0, 0.05) is 17.7 Å². The quantitative estimate of drug-likeness (QED) is 0.633. The Balaban J connectivity index is 2.30. The van der Waals surface area contributed by atoms with Gasteiger partial charge in [-0.15, -0.1) is 0 Å². The van der Waals surface area contributed by atoms with E-state index in [1.807, 2.05) is 22.6 Å². The molecule has 0 amide bonds. The number of rotatable bonds is 2. The van der Waals surface area contributed by atoms with Crippen LogP contribution in [-0.2, 0) is 0 Å². The largest absolute Gasteiger partial charge is 0.508 e. The average Bonchev–Trinajstić information content (AvgIpc) is 2.51. The third-order valence-electron chi connectivity index (χ3n) is 3.27. The van der Waals surface area contributed by atoms with E-state index in [4.69, 9.17) is 9.15 Å². The van der Waals surface area contributed by atoms with E-state index >= 15 is 0 Å². The first-order valence-electron chi connectivity index (χ1n) is 6.34. The molecule has 3 aromatic rings. The molecular weight excluding hydrogens is 399 g/mol. The van der Waals surface area contributed by atoms with Gasteiger partial charge in [0.25, 0.3) is 0 Å². The molecule has 112 valence electrons. The molecule has 2 N–H and O–H groups in total. The molecule has 0 unspecified atom stereocenters. The highest BCUT2D eigenvalue weighted by Gasteiger charge is 2.17. The summed E-state index contributed by atoms with van der Waals surface area (Å²) in [6.45, 7) is 0. The first kappa shape index (κ1) is 14.7. The molecule has 1 aromatic heterocycles. The lowest BCUT2D eigenvalue weighted by Crippen LogP contribution is -2.02. The van der Waals surface area contributed by atoms with Gasteiger partial charge in [0.2, 0.25) is 0 Å². The SMILES string of the molecule is COc1cc2oc(-c3ccc(O)cc3)cc(=O)c2c(O)c1I. The Hall–Kier alpha value is -2.22. The van der Waals surface area contributed by atoms with E-state index in [0.717, 1.165) is 0 Å². The number of phenolic OH excluding ortho intramolecular Hbond substituents is 2. The van der Waals surface area contributed by atoms with Gasteiger partial charge in [0.1, 0.15) is 34.0 Å². The molecule has 3 rings (SSSR count). The number of ether oxygens (including phenoxy) is 1. The number of halogens is 1. The van der Waals surface area contributed by atoms with Crippen LogP contribution in [-0.4, -0.2) is 17.3 Å². The molecule has 0 aliphatic rings. The predicted octanol–water partition coefficient (Wildman–Crippen LogP) is 3.48. The van der Waals surface area contributed by atoms with Crippen LogP contribution in [0.5, 0.6) is 17.2 Å². The lowest BCUT2D eigenvalue weighted by atomic mass is 10.1. The fraction of sp³-hybridized carbons (Fsp3) is 0.0625. The molecular formula is C16H11IO5. The zero-order chi connectivity index (χ0) is 15.9. The predicted molar refractivity (Wildman–Crippen MR) is 90.5 cm³/mol. The summed E-state index contributed by atoms with van der Waals surface area (Å²) in [5.74, 6) is 0.749. The number of fused-ring (bicyclic) bond motifs is 1. The van der Waals surface area contributed by atoms with E-state index in [0.29, 0.717) is 20.6 Å². The van der Waals surface area contributed by atoms with Crippen molar-refractivity contribution in [1.29, 1.82) is 0 Å². The fourth-order valence-corrected chi connectivity index (χ4v) is 2.82. The molecule has 0 saturated carbocycles. The number of benzene rings is 2. The highest BCUT2D eigenvalue weighted by Crippen LogP contribution is 2.36. The summed E-state index contributed by atoms with van der Waals surface area (Å²) in [5.41, 5.74) is 0.543. The van der Waals surface area contributed by atoms with E-state index in [2.05, 4.69) is 0 Å². The second-order valence-corrected chi connectivity index (χ2v) is 5.72. The van der Waals surface area contributed by atoms with Crippen molar-refractivity contribution in [2.45, 2.75) is 0 Å². The Morgan fingerprint density at radius 3 is 2.45 bits per heavy atom. The van der Waals surface area contributed by atoms with Crippen molar-refractivity contribution >= 4 is 33.6 Å². The van der Waals surface area contributed by atoms with Crippen LogP contribution in [0.3, 0.4) is 0 Å². The van der Waals surface area contributed by atoms with Gasteiger partial charge in [-0.25, -0.2) is 0 Å². The molecule has 5 nitrogen and oxygen atoms in total. The maximum Gasteiger partial charge on any atom is 0.197 e. The molecule has 2 aromatic carbocycles. The molecule has 0 aliphatic carbocycles. The summed E-state index contributed by atoms with van der Waals surface area (Å²) in [7, 11) is 1.48. The zero-order valence-electron chi connectivity index (χ0n) is 11.5. The Morgan fingerprint density at radius 2 is 1.82 bits per heavy atom. The van der Waals surface area contributed by atoms with Crippen molar-refractivity contribution < 1.29 is 19.4 Å². The first-order chi connectivity index (χ1) is 10.5. The van der Waals surface area contributed by atoms with Crippen LogP contribution in [0.1, 0.15) is 0 Å². The van der Waals surface area contributed by atoms with E-state index in [1.54, 1.807) is 18.2 Å². The highest BCUT2D eigenvalue weighted by molar-refractivity contribution is 14.1. The molecule has 0 bridgehead atoms. The number of hydrogen-bond acceptors (Lipinski definition) is 5. The van der Waals surface area contributed by atoms with Crippen LogP contribution in [0.15, 0.2) is 45.6 Å². The van der Waals surface area contributed by atoms with Gasteiger partial charge in [-0.05, 0) is 46.9 Å². The minimum absolute atomic E-state index is 0.118. The minimum atomic E-state index is -0.345. The van der Waals surface area contributed by atoms with Gasteiger partial charge >= 0.3 is 0 Å². The van der Waals surface area contributed by atoms with Crippen LogP contribution in [0.4, 0.5) is 0 Å². The zero-order valence-corrected chi connectivity index (χ0v) is 13.6. The smallest absolute Gasteiger partial charge is 0.197 e. The third-order valence-corrected chi connectivity index (χ3v) is 4.31. The van der Waals surface area contributed by atoms with E-state index in [9.17, 15) is 15.0 Å². The van der Waals surface area contributed by atoms with Crippen LogP contribution in [0, 0.1) is 3.57 Å². The second-order valence-electron chi connectivity index (χ2n) is 4.64. The fourth-order valence-electron chi connectivity index (χ4n) is 2.17. The molecule has 0 radical (unpaired) electrons. The molecule has 22 heavy (non-hydrogen) atoms. The van der Waals surface area contributed by atoms with Crippen molar-refractivity contribution in [3.63, 3.8) is 0 Å². The number of phenols is 2. The average molecular weight is 410 g/mol. The summed E-state index contributed by atoms with van der Waals surface area (Å²) < 4.78 is 11.4. The van der Waals surface area contributed by atoms with Crippen molar-refractivity contribution in [3.05, 3.63) is 50.2 Å². The number of hydrogen-bond donors (Lipinski definition) is 2. The monoisotopic (exact) mass is 410 g/mol. The van der Waals surface area contributed by atoms with Gasteiger partial charge in [0.05, 0.1) is 10.7 Å². The van der Waals surface area contributed by atoms with Crippen LogP contribution in [0.2, 0.25) is 0 Å². The van der Waals surface area contributed by atoms with Gasteiger partial charge in [-0.2, -0.15) is 0 Å². The number of methoxy groups -OCH3 is 1. The van der Waals surface area contributed by atoms with Crippen LogP contribution < -0.4 is 10.2 Å². The van der Waals surface area contributed by atoms with Gasteiger partial charge in [-0.1, -0.05) is 0 Å². The normalized spacial score (nSPS) is 10.8. The van der Waals surface area contributed by atoms with E-state index < -0.39 is 0 Å². The summed E-state index contributed by atoms with van der Waals surface area (Å²) in [6.07, 6.45) is 0. The molecule has 0 spiro atoms. The van der Waals surface area contributed by atoms with Crippen molar-refractivity contribution in [2.24, 2.45) is 0 Å². The maximum absolute atomic E-state index is 12.3. The summed E-state index contributed by atoms with van der Waals surface area (Å²) >= 11 is 1.91. The Bertz CT molecular complexity index is 912. The van der Waals surface area contributed by atoms with Crippen molar-refractivity contribution in [1.82, 2.24) is 0 Å². The first-order valence-corrected chi connectivity index (χ1v) is 7.42. The molecule has 0 atom stereocenters. The molecule has 0 fully saturated rings. The molecule has 1 heterocycles. The van der Waals surface area contributed by atoms with Crippen LogP contribution >= 0.6 is 22.6 Å². The van der Waals surface area contributed by atoms with Gasteiger partial charge in [0.15, 0.2) is 5.43 Å². The Morgan fingerprint density at radius 1 is 1.14 bits per heavy atom. The topological polar surface area (TPSA) is 79.9 Å². The van der Waals surface area contributed by atoms with Crippen LogP contribution in [0.25, 0.3) is 22.3 Å². The number of aromatic hydroxyl groups is 2. The van der Waals surface area contributed by atoms with Crippen molar-refractivity contribution in [2.75, 3.05) is 7.11 Å². The summed E-state index contributed by atoms with van der Waals surface area (Å²) in [6, 6.07) is 9.18. The van der Waals surface area contributed by atoms with Gasteiger partial charge < -0.3 is 19.4 Å². The maximum atomic E-state index is 12.3. The molecule has 6 heteroatoms. The third kappa shape index (κ3) is 2.39. The summed E-state index contributed by atoms with van der Waals surface area (Å²) in [5, 5.41) is 19.6. The molecule has 0 aliphatic heterocycles. The lowest BCUT2D eigenvalue weighted by Gasteiger charge is -2.09. The Kier molecular flexibility index (Phi) is 3.69. The summed E-state index contributed by atoms with van der Waals surface area (Å²) in [4.78, 5) is 12.3. The van der Waals surface area contributed by atoms with Gasteiger partial charge in [-0.3, -0.25) is 4.79 Å². The van der Waals surface area contributed by atoms with Crippen molar-refractivity contribution in [3.8, 4) is 28.6 Å².